The Morgan fingerprint density at radius 3 is 2.68 bits per heavy atom. The molecule has 10 heteroatoms. The van der Waals surface area contributed by atoms with Crippen molar-refractivity contribution in [3.8, 4) is 11.4 Å². The lowest BCUT2D eigenvalue weighted by Crippen LogP contribution is -2.40. The number of nitrogens with one attached hydrogen (secondary N) is 1. The van der Waals surface area contributed by atoms with E-state index in [4.69, 9.17) is 9.26 Å². The van der Waals surface area contributed by atoms with Gasteiger partial charge in [0.25, 0.3) is 5.69 Å². The number of hydrogen-bond donors (Lipinski definition) is 1. The molecule has 0 unspecified atom stereocenters. The van der Waals surface area contributed by atoms with Gasteiger partial charge in [-0.05, 0) is 58.3 Å². The third kappa shape index (κ3) is 6.83. The number of carbonyl (C=O) groups excluding carboxylic acids is 1. The topological polar surface area (TPSA) is 124 Å². The van der Waals surface area contributed by atoms with Crippen molar-refractivity contribution < 1.29 is 19.0 Å². The summed E-state index contributed by atoms with van der Waals surface area (Å²) in [5, 5.41) is 17.7. The molecule has 0 radical (unpaired) electrons. The standard InChI is InChI=1S/C21H29N5O5/c1-15(2)30-13-3-10-22-21(27)17-8-11-25(12-9-17)14-19-23-20(24-31-19)16-4-6-18(7-5-16)26(28)29/h4-7,15,17H,3,8-14H2,1-2H3,(H,22,27). The molecule has 2 heterocycles. The molecule has 0 spiro atoms. The molecule has 1 amide bonds. The number of nitro groups is 1. The quantitative estimate of drug-likeness (QED) is 0.346. The number of amides is 1. The first kappa shape index (κ1) is 22.8. The maximum atomic E-state index is 12.3. The van der Waals surface area contributed by atoms with E-state index in [1.54, 1.807) is 12.1 Å². The van der Waals surface area contributed by atoms with Crippen molar-refractivity contribution in [2.45, 2.75) is 45.8 Å². The van der Waals surface area contributed by atoms with E-state index >= 15 is 0 Å². The molecule has 0 bridgehead atoms. The molecule has 0 aliphatic carbocycles. The normalized spacial score (nSPS) is 15.3. The molecule has 1 aliphatic heterocycles. The molecule has 1 aromatic heterocycles. The summed E-state index contributed by atoms with van der Waals surface area (Å²) >= 11 is 0. The van der Waals surface area contributed by atoms with Crippen LogP contribution >= 0.6 is 0 Å². The number of hydrogen-bond acceptors (Lipinski definition) is 8. The molecular formula is C21H29N5O5. The SMILES string of the molecule is CC(C)OCCCNC(=O)C1CCN(Cc2nc(-c3ccc([N+](=O)[O-])cc3)no2)CC1. The van der Waals surface area contributed by atoms with Crippen LogP contribution in [0.5, 0.6) is 0 Å². The Hall–Kier alpha value is -2.85. The van der Waals surface area contributed by atoms with Gasteiger partial charge in [-0.1, -0.05) is 5.16 Å². The molecule has 10 nitrogen and oxygen atoms in total. The minimum atomic E-state index is -0.448. The van der Waals surface area contributed by atoms with E-state index in [2.05, 4.69) is 20.4 Å². The Balaban J connectivity index is 1.41. The first-order valence-electron chi connectivity index (χ1n) is 10.6. The third-order valence-electron chi connectivity index (χ3n) is 5.19. The highest BCUT2D eigenvalue weighted by atomic mass is 16.6. The fourth-order valence-corrected chi connectivity index (χ4v) is 3.46. The van der Waals surface area contributed by atoms with Gasteiger partial charge >= 0.3 is 0 Å². The molecule has 0 atom stereocenters. The second-order valence-corrected chi connectivity index (χ2v) is 7.93. The Bertz CT molecular complexity index is 859. The fourth-order valence-electron chi connectivity index (χ4n) is 3.46. The number of nitrogens with zero attached hydrogens (tertiary/aromatic N) is 4. The van der Waals surface area contributed by atoms with Crippen LogP contribution in [0, 0.1) is 16.0 Å². The van der Waals surface area contributed by atoms with Crippen LogP contribution in [-0.4, -0.2) is 58.2 Å². The van der Waals surface area contributed by atoms with Gasteiger partial charge in [-0.15, -0.1) is 0 Å². The summed E-state index contributed by atoms with van der Waals surface area (Å²) in [6, 6.07) is 6.04. The number of likely N-dealkylation sites (tertiary alicyclic amines) is 1. The largest absolute Gasteiger partial charge is 0.379 e. The molecule has 1 aliphatic rings. The Kier molecular flexibility index (Phi) is 8.07. The fraction of sp³-hybridized carbons (Fsp3) is 0.571. The number of aromatic nitrogens is 2. The zero-order chi connectivity index (χ0) is 22.2. The van der Waals surface area contributed by atoms with E-state index in [0.29, 0.717) is 37.0 Å². The van der Waals surface area contributed by atoms with Gasteiger partial charge in [-0.3, -0.25) is 19.8 Å². The summed E-state index contributed by atoms with van der Waals surface area (Å²) in [7, 11) is 0. The minimum absolute atomic E-state index is 0.0169. The molecule has 1 saturated heterocycles. The molecule has 3 rings (SSSR count). The molecule has 0 saturated carbocycles. The Labute approximate surface area is 181 Å². The van der Waals surface area contributed by atoms with Crippen LogP contribution in [-0.2, 0) is 16.1 Å². The van der Waals surface area contributed by atoms with Crippen molar-refractivity contribution in [3.05, 3.63) is 40.3 Å². The van der Waals surface area contributed by atoms with Gasteiger partial charge in [0.2, 0.25) is 17.6 Å². The minimum Gasteiger partial charge on any atom is -0.379 e. The zero-order valence-corrected chi connectivity index (χ0v) is 18.0. The van der Waals surface area contributed by atoms with Crippen LogP contribution in [0.15, 0.2) is 28.8 Å². The highest BCUT2D eigenvalue weighted by molar-refractivity contribution is 5.78. The number of piperidine rings is 1. The summed E-state index contributed by atoms with van der Waals surface area (Å²) in [5.74, 6) is 1.03. The van der Waals surface area contributed by atoms with Crippen LogP contribution in [0.3, 0.4) is 0 Å². The van der Waals surface area contributed by atoms with E-state index in [1.807, 2.05) is 13.8 Å². The van der Waals surface area contributed by atoms with Crippen molar-refractivity contribution in [2.75, 3.05) is 26.2 Å². The second-order valence-electron chi connectivity index (χ2n) is 7.93. The highest BCUT2D eigenvalue weighted by Crippen LogP contribution is 2.22. The van der Waals surface area contributed by atoms with Gasteiger partial charge in [0.05, 0.1) is 17.6 Å². The smallest absolute Gasteiger partial charge is 0.269 e. The number of rotatable bonds is 10. The van der Waals surface area contributed by atoms with Crippen LogP contribution in [0.25, 0.3) is 11.4 Å². The Morgan fingerprint density at radius 1 is 1.32 bits per heavy atom. The average Bonchev–Trinajstić information content (AvgIpc) is 3.22. The van der Waals surface area contributed by atoms with Gasteiger partial charge in [0.15, 0.2) is 0 Å². The summed E-state index contributed by atoms with van der Waals surface area (Å²) < 4.78 is 10.8. The number of nitro benzene ring substituents is 1. The second kappa shape index (κ2) is 11.0. The monoisotopic (exact) mass is 431 g/mol. The predicted molar refractivity (Wildman–Crippen MR) is 113 cm³/mol. The van der Waals surface area contributed by atoms with Crippen LogP contribution in [0.4, 0.5) is 5.69 Å². The number of carbonyl (C=O) groups is 1. The predicted octanol–water partition coefficient (Wildman–Crippen LogP) is 2.79. The number of benzene rings is 1. The zero-order valence-electron chi connectivity index (χ0n) is 18.0. The van der Waals surface area contributed by atoms with Crippen molar-refractivity contribution in [1.82, 2.24) is 20.4 Å². The van der Waals surface area contributed by atoms with Crippen molar-refractivity contribution >= 4 is 11.6 Å². The molecule has 168 valence electrons. The van der Waals surface area contributed by atoms with Crippen LogP contribution in [0.2, 0.25) is 0 Å². The first-order chi connectivity index (χ1) is 14.9. The van der Waals surface area contributed by atoms with Gasteiger partial charge in [0, 0.05) is 36.8 Å². The summed E-state index contributed by atoms with van der Waals surface area (Å²) in [5.41, 5.74) is 0.679. The third-order valence-corrected chi connectivity index (χ3v) is 5.19. The lowest BCUT2D eigenvalue weighted by molar-refractivity contribution is -0.384. The van der Waals surface area contributed by atoms with E-state index < -0.39 is 4.92 Å². The number of non-ortho nitro benzene ring substituents is 1. The first-order valence-corrected chi connectivity index (χ1v) is 10.6. The summed E-state index contributed by atoms with van der Waals surface area (Å²) in [6.45, 7) is 7.37. The lowest BCUT2D eigenvalue weighted by atomic mass is 9.96. The van der Waals surface area contributed by atoms with Crippen molar-refractivity contribution in [3.63, 3.8) is 0 Å². The molecule has 31 heavy (non-hydrogen) atoms. The van der Waals surface area contributed by atoms with Crippen LogP contribution in [0.1, 0.15) is 39.0 Å². The maximum absolute atomic E-state index is 12.3. The van der Waals surface area contributed by atoms with Crippen molar-refractivity contribution in [2.24, 2.45) is 5.92 Å². The van der Waals surface area contributed by atoms with Gasteiger partial charge in [0.1, 0.15) is 0 Å². The Morgan fingerprint density at radius 2 is 2.03 bits per heavy atom. The van der Waals surface area contributed by atoms with Gasteiger partial charge < -0.3 is 14.6 Å². The van der Waals surface area contributed by atoms with E-state index in [9.17, 15) is 14.9 Å². The highest BCUT2D eigenvalue weighted by Gasteiger charge is 2.25. The summed E-state index contributed by atoms with van der Waals surface area (Å²) in [4.78, 5) is 29.2. The lowest BCUT2D eigenvalue weighted by Gasteiger charge is -2.30. The van der Waals surface area contributed by atoms with Gasteiger partial charge in [-0.2, -0.15) is 4.98 Å². The maximum Gasteiger partial charge on any atom is 0.269 e. The molecule has 2 aromatic rings. The molecule has 1 N–H and O–H groups in total. The van der Waals surface area contributed by atoms with Crippen molar-refractivity contribution in [1.29, 1.82) is 0 Å². The van der Waals surface area contributed by atoms with E-state index in [-0.39, 0.29) is 23.6 Å². The average molecular weight is 431 g/mol. The van der Waals surface area contributed by atoms with E-state index in [1.165, 1.54) is 12.1 Å². The molecule has 1 aromatic carbocycles. The molecular weight excluding hydrogens is 402 g/mol. The molecule has 1 fully saturated rings. The van der Waals surface area contributed by atoms with E-state index in [0.717, 1.165) is 32.4 Å². The van der Waals surface area contributed by atoms with Crippen LogP contribution < -0.4 is 5.32 Å². The van der Waals surface area contributed by atoms with Gasteiger partial charge in [-0.25, -0.2) is 0 Å². The summed E-state index contributed by atoms with van der Waals surface area (Å²) in [6.07, 6.45) is 2.61. The number of ether oxygens (including phenoxy) is 1.